The molecule has 1 unspecified atom stereocenters. The zero-order chi connectivity index (χ0) is 28.0. The van der Waals surface area contributed by atoms with Crippen LogP contribution in [0.3, 0.4) is 0 Å². The van der Waals surface area contributed by atoms with Crippen molar-refractivity contribution in [2.45, 2.75) is 77.1 Å². The summed E-state index contributed by atoms with van der Waals surface area (Å²) in [5.74, 6) is 0.149. The molecular formula is C34H41NO3S. The Bertz CT molecular complexity index is 1320. The summed E-state index contributed by atoms with van der Waals surface area (Å²) >= 11 is 1.89. The average Bonchev–Trinajstić information content (AvgIpc) is 3.66. The monoisotopic (exact) mass is 543 g/mol. The number of thioether (sulfide) groups is 1. The van der Waals surface area contributed by atoms with Crippen LogP contribution in [-0.2, 0) is 23.2 Å². The van der Waals surface area contributed by atoms with Crippen molar-refractivity contribution in [1.82, 2.24) is 4.98 Å². The molecule has 1 heterocycles. The summed E-state index contributed by atoms with van der Waals surface area (Å²) in [7, 11) is 0. The standard InChI is InChI=1S/C34H41NO3S/c1-5-26-14-17-29(35-24(26)2)16-13-25-9-8-11-28(21-25)31(39-23-34(19-20-34)22-32(36)37)18-15-27-10-6-7-12-30(27)33(3,4)38/h6-14,16-17,21,31,38H,5,15,18-20,22-23H2,1-4H3,(H,36,37). The highest BCUT2D eigenvalue weighted by molar-refractivity contribution is 7.99. The average molecular weight is 544 g/mol. The molecule has 0 aliphatic heterocycles. The minimum absolute atomic E-state index is 0.0640. The van der Waals surface area contributed by atoms with Crippen LogP contribution in [0.4, 0.5) is 0 Å². The molecule has 0 spiro atoms. The van der Waals surface area contributed by atoms with Gasteiger partial charge in [-0.05, 0) is 98.2 Å². The summed E-state index contributed by atoms with van der Waals surface area (Å²) in [6.45, 7) is 7.88. The maximum atomic E-state index is 11.5. The molecule has 4 rings (SSSR count). The molecule has 0 bridgehead atoms. The maximum Gasteiger partial charge on any atom is 0.303 e. The molecule has 1 atom stereocenters. The number of pyridine rings is 1. The number of hydrogen-bond donors (Lipinski definition) is 2. The first-order valence-electron chi connectivity index (χ1n) is 14.0. The van der Waals surface area contributed by atoms with Crippen LogP contribution in [-0.4, -0.2) is 26.9 Å². The molecule has 1 aliphatic carbocycles. The van der Waals surface area contributed by atoms with Crippen molar-refractivity contribution in [1.29, 1.82) is 0 Å². The zero-order valence-corrected chi connectivity index (χ0v) is 24.4. The van der Waals surface area contributed by atoms with Crippen molar-refractivity contribution < 1.29 is 15.0 Å². The van der Waals surface area contributed by atoms with Gasteiger partial charge in [0.25, 0.3) is 0 Å². The Kier molecular flexibility index (Phi) is 9.35. The molecule has 0 amide bonds. The number of nitrogens with zero attached hydrogens (tertiary/aromatic N) is 1. The molecule has 1 fully saturated rings. The number of aliphatic carboxylic acids is 1. The van der Waals surface area contributed by atoms with E-state index in [1.165, 1.54) is 11.1 Å². The number of aliphatic hydroxyl groups is 1. The lowest BCUT2D eigenvalue weighted by atomic mass is 9.90. The summed E-state index contributed by atoms with van der Waals surface area (Å²) in [4.78, 5) is 16.2. The van der Waals surface area contributed by atoms with E-state index in [2.05, 4.69) is 68.5 Å². The van der Waals surface area contributed by atoms with Gasteiger partial charge in [0.2, 0.25) is 0 Å². The Morgan fingerprint density at radius 2 is 1.85 bits per heavy atom. The second-order valence-corrected chi connectivity index (χ2v) is 12.7. The predicted octanol–water partition coefficient (Wildman–Crippen LogP) is 8.01. The summed E-state index contributed by atoms with van der Waals surface area (Å²) in [6.07, 6.45) is 9.16. The van der Waals surface area contributed by atoms with E-state index in [1.54, 1.807) is 0 Å². The Balaban J connectivity index is 1.55. The lowest BCUT2D eigenvalue weighted by molar-refractivity contribution is -0.138. The first kappa shape index (κ1) is 29.1. The van der Waals surface area contributed by atoms with Crippen LogP contribution in [0.25, 0.3) is 12.2 Å². The van der Waals surface area contributed by atoms with Gasteiger partial charge in [-0.1, -0.05) is 67.6 Å². The minimum atomic E-state index is -0.898. The molecule has 0 radical (unpaired) electrons. The van der Waals surface area contributed by atoms with E-state index in [9.17, 15) is 15.0 Å². The topological polar surface area (TPSA) is 70.4 Å². The van der Waals surface area contributed by atoms with Crippen LogP contribution in [0.1, 0.15) is 90.9 Å². The molecule has 4 nitrogen and oxygen atoms in total. The van der Waals surface area contributed by atoms with E-state index in [0.717, 1.165) is 65.9 Å². The molecule has 39 heavy (non-hydrogen) atoms. The first-order chi connectivity index (χ1) is 18.6. The van der Waals surface area contributed by atoms with Gasteiger partial charge in [-0.15, -0.1) is 0 Å². The largest absolute Gasteiger partial charge is 0.481 e. The second-order valence-electron chi connectivity index (χ2n) is 11.5. The smallest absolute Gasteiger partial charge is 0.303 e. The van der Waals surface area contributed by atoms with E-state index in [-0.39, 0.29) is 17.1 Å². The maximum absolute atomic E-state index is 11.5. The molecule has 2 N–H and O–H groups in total. The molecule has 1 saturated carbocycles. The Morgan fingerprint density at radius 3 is 2.51 bits per heavy atom. The van der Waals surface area contributed by atoms with Gasteiger partial charge in [0.1, 0.15) is 0 Å². The third kappa shape index (κ3) is 8.06. The van der Waals surface area contributed by atoms with Crippen LogP contribution >= 0.6 is 11.8 Å². The van der Waals surface area contributed by atoms with Gasteiger partial charge < -0.3 is 10.2 Å². The lowest BCUT2D eigenvalue weighted by Crippen LogP contribution is -2.18. The summed E-state index contributed by atoms with van der Waals surface area (Å²) in [5, 5.41) is 20.4. The number of carboxylic acids is 1. The van der Waals surface area contributed by atoms with E-state index < -0.39 is 11.6 Å². The van der Waals surface area contributed by atoms with Crippen LogP contribution in [0.5, 0.6) is 0 Å². The van der Waals surface area contributed by atoms with E-state index in [4.69, 9.17) is 4.98 Å². The SMILES string of the molecule is CCc1ccc(C=Cc2cccc(C(CCc3ccccc3C(C)(C)O)SCC3(CC(=O)O)CC3)c2)nc1C. The van der Waals surface area contributed by atoms with Gasteiger partial charge >= 0.3 is 5.97 Å². The quantitative estimate of drug-likeness (QED) is 0.228. The Morgan fingerprint density at radius 1 is 1.08 bits per heavy atom. The van der Waals surface area contributed by atoms with Gasteiger partial charge in [-0.2, -0.15) is 11.8 Å². The second kappa shape index (κ2) is 12.5. The van der Waals surface area contributed by atoms with Crippen LogP contribution in [0.15, 0.2) is 60.7 Å². The highest BCUT2D eigenvalue weighted by Gasteiger charge is 2.44. The van der Waals surface area contributed by atoms with Gasteiger partial charge in [0.15, 0.2) is 0 Å². The Labute approximate surface area is 237 Å². The third-order valence-corrected chi connectivity index (χ3v) is 9.44. The van der Waals surface area contributed by atoms with Crippen LogP contribution < -0.4 is 0 Å². The molecule has 1 aromatic heterocycles. The number of carbonyl (C=O) groups is 1. The summed E-state index contributed by atoms with van der Waals surface area (Å²) in [5.41, 5.74) is 6.84. The molecular weight excluding hydrogens is 502 g/mol. The third-order valence-electron chi connectivity index (χ3n) is 7.75. The molecule has 206 valence electrons. The highest BCUT2D eigenvalue weighted by Crippen LogP contribution is 2.53. The lowest BCUT2D eigenvalue weighted by Gasteiger charge is -2.24. The van der Waals surface area contributed by atoms with Crippen molar-refractivity contribution >= 4 is 29.9 Å². The van der Waals surface area contributed by atoms with Crippen molar-refractivity contribution in [2.75, 3.05) is 5.75 Å². The van der Waals surface area contributed by atoms with E-state index in [0.29, 0.717) is 0 Å². The minimum Gasteiger partial charge on any atom is -0.481 e. The van der Waals surface area contributed by atoms with E-state index in [1.807, 2.05) is 43.8 Å². The molecule has 5 heteroatoms. The highest BCUT2D eigenvalue weighted by atomic mass is 32.2. The first-order valence-corrected chi connectivity index (χ1v) is 15.0. The fourth-order valence-electron chi connectivity index (χ4n) is 5.24. The van der Waals surface area contributed by atoms with E-state index >= 15 is 0 Å². The summed E-state index contributed by atoms with van der Waals surface area (Å²) in [6, 6.07) is 21.0. The number of aromatic nitrogens is 1. The Hall–Kier alpha value is -2.89. The molecule has 0 saturated heterocycles. The number of benzene rings is 2. The number of carboxylic acid groups (broad SMARTS) is 1. The van der Waals surface area contributed by atoms with Crippen molar-refractivity contribution in [3.05, 3.63) is 99.9 Å². The van der Waals surface area contributed by atoms with Crippen molar-refractivity contribution in [3.8, 4) is 0 Å². The van der Waals surface area contributed by atoms with Gasteiger partial charge in [0.05, 0.1) is 17.7 Å². The number of hydrogen-bond acceptors (Lipinski definition) is 4. The summed E-state index contributed by atoms with van der Waals surface area (Å²) < 4.78 is 0. The van der Waals surface area contributed by atoms with Crippen molar-refractivity contribution in [2.24, 2.45) is 5.41 Å². The van der Waals surface area contributed by atoms with Gasteiger partial charge in [-0.3, -0.25) is 9.78 Å². The van der Waals surface area contributed by atoms with Crippen molar-refractivity contribution in [3.63, 3.8) is 0 Å². The number of rotatable bonds is 13. The number of aryl methyl sites for hydroxylation is 3. The zero-order valence-electron chi connectivity index (χ0n) is 23.6. The van der Waals surface area contributed by atoms with Gasteiger partial charge in [0, 0.05) is 16.7 Å². The molecule has 3 aromatic rings. The molecule has 2 aromatic carbocycles. The fraction of sp³-hybridized carbons (Fsp3) is 0.412. The normalized spacial score (nSPS) is 15.4. The van der Waals surface area contributed by atoms with Crippen LogP contribution in [0.2, 0.25) is 0 Å². The van der Waals surface area contributed by atoms with Crippen LogP contribution in [0, 0.1) is 12.3 Å². The predicted molar refractivity (Wildman–Crippen MR) is 163 cm³/mol. The fourth-order valence-corrected chi connectivity index (χ4v) is 6.80. The van der Waals surface area contributed by atoms with Gasteiger partial charge in [-0.25, -0.2) is 0 Å². The molecule has 1 aliphatic rings.